The Morgan fingerprint density at radius 3 is 1.25 bits per heavy atom. The summed E-state index contributed by atoms with van der Waals surface area (Å²) in [6, 6.07) is 0. The van der Waals surface area contributed by atoms with Gasteiger partial charge in [-0.15, -0.1) is 0 Å². The SMILES string of the molecule is CCCCC(CCC)SCCC(F)(F)C(F)(F)C(F)(F)C(F)(F)C(F)(F)C(F)(F)C(F)(F)C(F)(F)F. The van der Waals surface area contributed by atoms with Crippen molar-refractivity contribution in [3.05, 3.63) is 0 Å². The van der Waals surface area contributed by atoms with E-state index in [0.29, 0.717) is 43.9 Å². The summed E-state index contributed by atoms with van der Waals surface area (Å²) < 4.78 is 225. The van der Waals surface area contributed by atoms with Crippen molar-refractivity contribution in [2.24, 2.45) is 0 Å². The highest BCUT2D eigenvalue weighted by Gasteiger charge is 2.95. The average molecular weight is 592 g/mol. The molecule has 36 heavy (non-hydrogen) atoms. The first-order valence-corrected chi connectivity index (χ1v) is 11.1. The molecule has 0 nitrogen and oxygen atoms in total. The van der Waals surface area contributed by atoms with E-state index in [2.05, 4.69) is 0 Å². The van der Waals surface area contributed by atoms with Gasteiger partial charge < -0.3 is 0 Å². The van der Waals surface area contributed by atoms with Gasteiger partial charge in [0.25, 0.3) is 0 Å². The molecular weight excluding hydrogens is 571 g/mol. The van der Waals surface area contributed by atoms with E-state index in [1.807, 2.05) is 0 Å². The van der Waals surface area contributed by atoms with E-state index in [1.165, 1.54) is 0 Å². The molecule has 1 unspecified atom stereocenters. The molecule has 0 aliphatic rings. The molecule has 0 radical (unpaired) electrons. The van der Waals surface area contributed by atoms with Crippen LogP contribution in [0.25, 0.3) is 0 Å². The van der Waals surface area contributed by atoms with Gasteiger partial charge in [-0.3, -0.25) is 0 Å². The van der Waals surface area contributed by atoms with Gasteiger partial charge in [0.15, 0.2) is 0 Å². The third kappa shape index (κ3) is 5.91. The predicted molar refractivity (Wildman–Crippen MR) is 96.0 cm³/mol. The molecule has 0 rings (SSSR count). The van der Waals surface area contributed by atoms with Crippen molar-refractivity contribution in [2.75, 3.05) is 5.75 Å². The first-order chi connectivity index (χ1) is 15.7. The van der Waals surface area contributed by atoms with Gasteiger partial charge in [-0.05, 0) is 18.6 Å². The zero-order chi connectivity index (χ0) is 29.2. The van der Waals surface area contributed by atoms with E-state index in [-0.39, 0.29) is 0 Å². The number of hydrogen-bond acceptors (Lipinski definition) is 1. The van der Waals surface area contributed by atoms with E-state index in [4.69, 9.17) is 0 Å². The molecule has 0 aliphatic heterocycles. The predicted octanol–water partition coefficient (Wildman–Crippen LogP) is 9.48. The van der Waals surface area contributed by atoms with Gasteiger partial charge in [0.05, 0.1) is 0 Å². The lowest BCUT2D eigenvalue weighted by Crippen LogP contribution is -2.74. The summed E-state index contributed by atoms with van der Waals surface area (Å²) in [5.41, 5.74) is 0. The Balaban J connectivity index is 6.15. The normalized spacial score (nSPS) is 16.4. The van der Waals surface area contributed by atoms with Crippen molar-refractivity contribution >= 4 is 11.8 Å². The van der Waals surface area contributed by atoms with Gasteiger partial charge >= 0.3 is 47.6 Å². The lowest BCUT2D eigenvalue weighted by atomic mass is 9.88. The molecule has 0 aromatic heterocycles. The fourth-order valence-electron chi connectivity index (χ4n) is 2.77. The number of thioether (sulfide) groups is 1. The zero-order valence-corrected chi connectivity index (χ0v) is 19.2. The van der Waals surface area contributed by atoms with Crippen LogP contribution in [-0.2, 0) is 0 Å². The summed E-state index contributed by atoms with van der Waals surface area (Å²) in [6.45, 7) is 3.37. The van der Waals surface area contributed by atoms with Crippen LogP contribution in [0.3, 0.4) is 0 Å². The summed E-state index contributed by atoms with van der Waals surface area (Å²) in [4.78, 5) is 0. The van der Waals surface area contributed by atoms with Crippen LogP contribution >= 0.6 is 11.8 Å². The molecule has 0 N–H and O–H groups in total. The van der Waals surface area contributed by atoms with Crippen molar-refractivity contribution in [2.45, 2.75) is 105 Å². The first-order valence-electron chi connectivity index (χ1n) is 10.1. The Hall–Kier alpha value is -0.840. The molecular formula is C18H21F17S. The van der Waals surface area contributed by atoms with Crippen LogP contribution in [0.2, 0.25) is 0 Å². The molecule has 0 saturated heterocycles. The van der Waals surface area contributed by atoms with Gasteiger partial charge in [-0.1, -0.05) is 33.1 Å². The molecule has 1 atom stereocenters. The number of alkyl halides is 17. The molecule has 0 aromatic carbocycles. The highest BCUT2D eigenvalue weighted by atomic mass is 32.2. The van der Waals surface area contributed by atoms with Crippen LogP contribution < -0.4 is 0 Å². The maximum Gasteiger partial charge on any atom is 0.460 e. The number of halogens is 17. The van der Waals surface area contributed by atoms with E-state index in [9.17, 15) is 74.6 Å². The second-order valence-corrected chi connectivity index (χ2v) is 9.23. The van der Waals surface area contributed by atoms with Crippen molar-refractivity contribution < 1.29 is 74.6 Å². The van der Waals surface area contributed by atoms with Crippen LogP contribution in [-0.4, -0.2) is 58.6 Å². The molecule has 218 valence electrons. The third-order valence-electron chi connectivity index (χ3n) is 5.05. The minimum Gasteiger partial charge on any atom is -0.200 e. The maximum atomic E-state index is 13.9. The van der Waals surface area contributed by atoms with Crippen molar-refractivity contribution in [3.63, 3.8) is 0 Å². The lowest BCUT2D eigenvalue weighted by Gasteiger charge is -2.42. The smallest absolute Gasteiger partial charge is 0.200 e. The summed E-state index contributed by atoms with van der Waals surface area (Å²) in [6.07, 6.45) is -7.84. The number of rotatable bonds is 15. The first kappa shape index (κ1) is 35.2. The van der Waals surface area contributed by atoms with Crippen LogP contribution in [0.1, 0.15) is 52.4 Å². The van der Waals surface area contributed by atoms with Gasteiger partial charge in [0, 0.05) is 11.7 Å². The topological polar surface area (TPSA) is 0 Å². The molecule has 0 amide bonds. The standard InChI is InChI=1S/C18H21F17S/c1-3-5-7-10(6-4-2)36-9-8-11(19,20)12(21,22)13(23,24)14(25,26)15(27,28)16(29,30)17(31,32)18(33,34)35/h10H,3-9H2,1-2H3. The van der Waals surface area contributed by atoms with Crippen LogP contribution in [0.5, 0.6) is 0 Å². The number of hydrogen-bond donors (Lipinski definition) is 0. The molecule has 0 fully saturated rings. The van der Waals surface area contributed by atoms with Gasteiger partial charge in [0.2, 0.25) is 0 Å². The van der Waals surface area contributed by atoms with Crippen molar-refractivity contribution in [1.29, 1.82) is 0 Å². The highest BCUT2D eigenvalue weighted by molar-refractivity contribution is 7.99. The minimum absolute atomic E-state index is 0.329. The summed E-state index contributed by atoms with van der Waals surface area (Å²) >= 11 is 0.525. The molecule has 0 aliphatic carbocycles. The fraction of sp³-hybridized carbons (Fsp3) is 1.00. The van der Waals surface area contributed by atoms with E-state index in [1.54, 1.807) is 13.8 Å². The molecule has 0 saturated carbocycles. The molecule has 0 heterocycles. The maximum absolute atomic E-state index is 13.9. The quantitative estimate of drug-likeness (QED) is 0.171. The largest absolute Gasteiger partial charge is 0.460 e. The monoisotopic (exact) mass is 592 g/mol. The summed E-state index contributed by atoms with van der Waals surface area (Å²) in [5.74, 6) is -56.9. The average Bonchev–Trinajstić information content (AvgIpc) is 2.70. The van der Waals surface area contributed by atoms with Gasteiger partial charge in [-0.25, -0.2) is 0 Å². The molecule has 0 bridgehead atoms. The Bertz CT molecular complexity index is 698. The lowest BCUT2D eigenvalue weighted by molar-refractivity contribution is -0.461. The molecule has 0 aromatic rings. The Labute approximate surface area is 198 Å². The second kappa shape index (κ2) is 11.1. The second-order valence-electron chi connectivity index (χ2n) is 7.82. The Kier molecular flexibility index (Phi) is 10.8. The number of unbranched alkanes of at least 4 members (excludes halogenated alkanes) is 1. The third-order valence-corrected chi connectivity index (χ3v) is 6.43. The van der Waals surface area contributed by atoms with Crippen LogP contribution in [0.4, 0.5) is 74.6 Å². The zero-order valence-electron chi connectivity index (χ0n) is 18.4. The van der Waals surface area contributed by atoms with Crippen molar-refractivity contribution in [1.82, 2.24) is 0 Å². The van der Waals surface area contributed by atoms with E-state index < -0.39 is 65.1 Å². The molecule has 0 spiro atoms. The van der Waals surface area contributed by atoms with E-state index in [0.717, 1.165) is 0 Å². The van der Waals surface area contributed by atoms with Crippen molar-refractivity contribution in [3.8, 4) is 0 Å². The summed E-state index contributed by atoms with van der Waals surface area (Å²) in [5, 5.41) is -0.478. The summed E-state index contributed by atoms with van der Waals surface area (Å²) in [7, 11) is 0. The van der Waals surface area contributed by atoms with Gasteiger partial charge in [0.1, 0.15) is 0 Å². The Morgan fingerprint density at radius 1 is 0.500 bits per heavy atom. The highest BCUT2D eigenvalue weighted by Crippen LogP contribution is 2.64. The van der Waals surface area contributed by atoms with E-state index >= 15 is 0 Å². The van der Waals surface area contributed by atoms with Gasteiger partial charge in [-0.2, -0.15) is 86.4 Å². The van der Waals surface area contributed by atoms with Crippen LogP contribution in [0, 0.1) is 0 Å². The van der Waals surface area contributed by atoms with Crippen LogP contribution in [0.15, 0.2) is 0 Å². The Morgan fingerprint density at radius 2 is 0.889 bits per heavy atom. The minimum atomic E-state index is -8.58. The molecule has 18 heteroatoms. The fourth-order valence-corrected chi connectivity index (χ4v) is 4.22.